The van der Waals surface area contributed by atoms with Gasteiger partial charge in [-0.2, -0.15) is 5.10 Å². The molecule has 0 saturated carbocycles. The van der Waals surface area contributed by atoms with Crippen LogP contribution >= 0.6 is 11.3 Å². The molecule has 0 aliphatic heterocycles. The number of phenols is 2. The highest BCUT2D eigenvalue weighted by molar-refractivity contribution is 7.07. The standard InChI is InChI=1S/C19H14N4O3S/c24-16-6-1-4-13(18(16)25)10-21-23-15(17-7-3-9-26-17)12-27-19(23)22-14-5-2-8-20-11-14/h1-12,24-25H. The molecule has 0 saturated heterocycles. The number of nitrogens with zero attached hydrogens (tertiary/aromatic N) is 4. The van der Waals surface area contributed by atoms with Crippen LogP contribution in [0.2, 0.25) is 0 Å². The first-order valence-corrected chi connectivity index (χ1v) is 8.85. The van der Waals surface area contributed by atoms with Gasteiger partial charge in [0, 0.05) is 17.1 Å². The number of rotatable bonds is 4. The van der Waals surface area contributed by atoms with Gasteiger partial charge in [0.2, 0.25) is 4.80 Å². The van der Waals surface area contributed by atoms with E-state index in [1.54, 1.807) is 47.6 Å². The monoisotopic (exact) mass is 378 g/mol. The van der Waals surface area contributed by atoms with E-state index >= 15 is 0 Å². The summed E-state index contributed by atoms with van der Waals surface area (Å²) in [4.78, 5) is 9.24. The van der Waals surface area contributed by atoms with Crippen molar-refractivity contribution in [3.63, 3.8) is 0 Å². The number of benzene rings is 1. The Morgan fingerprint density at radius 1 is 1.11 bits per heavy atom. The second-order valence-corrected chi connectivity index (χ2v) is 6.31. The van der Waals surface area contributed by atoms with Crippen molar-refractivity contribution in [2.24, 2.45) is 10.1 Å². The molecule has 8 heteroatoms. The van der Waals surface area contributed by atoms with Crippen LogP contribution in [-0.2, 0) is 0 Å². The number of para-hydroxylation sites is 1. The van der Waals surface area contributed by atoms with Gasteiger partial charge in [0.15, 0.2) is 17.3 Å². The first kappa shape index (κ1) is 16.8. The van der Waals surface area contributed by atoms with Crippen molar-refractivity contribution in [3.8, 4) is 23.0 Å². The zero-order valence-corrected chi connectivity index (χ0v) is 14.7. The molecule has 7 nitrogen and oxygen atoms in total. The van der Waals surface area contributed by atoms with Crippen molar-refractivity contribution in [2.45, 2.75) is 0 Å². The molecule has 0 bridgehead atoms. The van der Waals surface area contributed by atoms with Crippen molar-refractivity contribution in [3.05, 3.63) is 76.9 Å². The van der Waals surface area contributed by atoms with E-state index in [2.05, 4.69) is 15.1 Å². The van der Waals surface area contributed by atoms with E-state index in [1.807, 2.05) is 17.5 Å². The van der Waals surface area contributed by atoms with Gasteiger partial charge in [-0.15, -0.1) is 11.3 Å². The lowest BCUT2D eigenvalue weighted by Gasteiger charge is -2.03. The Bertz CT molecular complexity index is 1150. The maximum absolute atomic E-state index is 9.99. The van der Waals surface area contributed by atoms with Crippen LogP contribution in [0.25, 0.3) is 11.5 Å². The van der Waals surface area contributed by atoms with Gasteiger partial charge < -0.3 is 14.6 Å². The molecule has 4 rings (SSSR count). The Labute approximate surface area is 157 Å². The highest BCUT2D eigenvalue weighted by atomic mass is 32.1. The van der Waals surface area contributed by atoms with E-state index in [-0.39, 0.29) is 11.5 Å². The Hall–Kier alpha value is -3.65. The fourth-order valence-electron chi connectivity index (χ4n) is 2.39. The van der Waals surface area contributed by atoms with Gasteiger partial charge in [0.25, 0.3) is 0 Å². The predicted octanol–water partition coefficient (Wildman–Crippen LogP) is 3.73. The Kier molecular flexibility index (Phi) is 4.54. The molecule has 2 N–H and O–H groups in total. The van der Waals surface area contributed by atoms with Crippen molar-refractivity contribution in [1.29, 1.82) is 0 Å². The average Bonchev–Trinajstić information content (AvgIpc) is 3.34. The topological polar surface area (TPSA) is 96.1 Å². The van der Waals surface area contributed by atoms with Gasteiger partial charge in [-0.05, 0) is 36.4 Å². The largest absolute Gasteiger partial charge is 0.504 e. The van der Waals surface area contributed by atoms with Crippen LogP contribution in [0.15, 0.2) is 81.0 Å². The smallest absolute Gasteiger partial charge is 0.211 e. The minimum Gasteiger partial charge on any atom is -0.504 e. The minimum absolute atomic E-state index is 0.208. The fraction of sp³-hybridized carbons (Fsp3) is 0. The second-order valence-electron chi connectivity index (χ2n) is 5.48. The number of hydrogen-bond acceptors (Lipinski definition) is 7. The summed E-state index contributed by atoms with van der Waals surface area (Å²) in [6.07, 6.45) is 6.37. The Morgan fingerprint density at radius 2 is 2.04 bits per heavy atom. The summed E-state index contributed by atoms with van der Waals surface area (Å²) in [5, 5.41) is 26.0. The van der Waals surface area contributed by atoms with E-state index in [9.17, 15) is 10.2 Å². The number of aromatic nitrogens is 2. The summed E-state index contributed by atoms with van der Waals surface area (Å²) >= 11 is 1.39. The lowest BCUT2D eigenvalue weighted by Crippen LogP contribution is -2.11. The van der Waals surface area contributed by atoms with E-state index in [0.717, 1.165) is 0 Å². The molecule has 0 spiro atoms. The molecular formula is C19H14N4O3S. The third kappa shape index (κ3) is 3.51. The van der Waals surface area contributed by atoms with Gasteiger partial charge in [0.05, 0.1) is 24.4 Å². The lowest BCUT2D eigenvalue weighted by atomic mass is 10.2. The summed E-state index contributed by atoms with van der Waals surface area (Å²) in [6.45, 7) is 0. The molecule has 0 atom stereocenters. The molecule has 3 aromatic heterocycles. The summed E-state index contributed by atoms with van der Waals surface area (Å²) in [7, 11) is 0. The maximum atomic E-state index is 9.99. The SMILES string of the molecule is Oc1cccc(C=Nn2c(-c3ccco3)csc2=Nc2cccnc2)c1O. The highest BCUT2D eigenvalue weighted by Crippen LogP contribution is 2.27. The van der Waals surface area contributed by atoms with Crippen LogP contribution in [-0.4, -0.2) is 26.1 Å². The fourth-order valence-corrected chi connectivity index (χ4v) is 3.22. The van der Waals surface area contributed by atoms with Crippen molar-refractivity contribution in [2.75, 3.05) is 0 Å². The molecule has 1 aromatic carbocycles. The number of furan rings is 1. The van der Waals surface area contributed by atoms with Crippen LogP contribution < -0.4 is 4.80 Å². The predicted molar refractivity (Wildman–Crippen MR) is 102 cm³/mol. The molecule has 0 amide bonds. The van der Waals surface area contributed by atoms with E-state index < -0.39 is 0 Å². The number of pyridine rings is 1. The third-order valence-electron chi connectivity index (χ3n) is 3.69. The van der Waals surface area contributed by atoms with Crippen LogP contribution in [0.5, 0.6) is 11.5 Å². The highest BCUT2D eigenvalue weighted by Gasteiger charge is 2.10. The van der Waals surface area contributed by atoms with E-state index in [0.29, 0.717) is 27.5 Å². The summed E-state index contributed by atoms with van der Waals surface area (Å²) in [5.74, 6) is 0.194. The van der Waals surface area contributed by atoms with Crippen LogP contribution in [0.4, 0.5) is 5.69 Å². The van der Waals surface area contributed by atoms with Gasteiger partial charge in [0.1, 0.15) is 5.69 Å². The average molecular weight is 378 g/mol. The molecule has 0 aliphatic carbocycles. The molecular weight excluding hydrogens is 364 g/mol. The van der Waals surface area contributed by atoms with Crippen LogP contribution in [0.1, 0.15) is 5.56 Å². The molecule has 0 radical (unpaired) electrons. The van der Waals surface area contributed by atoms with Gasteiger partial charge in [-0.3, -0.25) is 4.98 Å². The second kappa shape index (κ2) is 7.30. The van der Waals surface area contributed by atoms with E-state index in [4.69, 9.17) is 4.42 Å². The van der Waals surface area contributed by atoms with Crippen molar-refractivity contribution < 1.29 is 14.6 Å². The molecule has 0 aliphatic rings. The molecule has 4 aromatic rings. The first-order valence-electron chi connectivity index (χ1n) is 7.97. The Balaban J connectivity index is 1.84. The maximum Gasteiger partial charge on any atom is 0.211 e. The number of aromatic hydroxyl groups is 2. The lowest BCUT2D eigenvalue weighted by molar-refractivity contribution is 0.403. The first-order chi connectivity index (χ1) is 13.2. The van der Waals surface area contributed by atoms with Crippen molar-refractivity contribution >= 4 is 23.2 Å². The molecule has 3 heterocycles. The number of hydrogen-bond donors (Lipinski definition) is 2. The summed E-state index contributed by atoms with van der Waals surface area (Å²) in [5.41, 5.74) is 1.78. The van der Waals surface area contributed by atoms with Crippen molar-refractivity contribution in [1.82, 2.24) is 9.66 Å². The summed E-state index contributed by atoms with van der Waals surface area (Å²) < 4.78 is 7.10. The number of thiazole rings is 1. The van der Waals surface area contributed by atoms with Crippen LogP contribution in [0, 0.1) is 0 Å². The van der Waals surface area contributed by atoms with Gasteiger partial charge in [-0.1, -0.05) is 6.07 Å². The molecule has 134 valence electrons. The normalized spacial score (nSPS) is 12.1. The molecule has 0 unspecified atom stereocenters. The van der Waals surface area contributed by atoms with Gasteiger partial charge in [-0.25, -0.2) is 9.67 Å². The molecule has 0 fully saturated rings. The Morgan fingerprint density at radius 3 is 2.81 bits per heavy atom. The van der Waals surface area contributed by atoms with Crippen LogP contribution in [0.3, 0.4) is 0 Å². The van der Waals surface area contributed by atoms with E-state index in [1.165, 1.54) is 23.6 Å². The molecule has 27 heavy (non-hydrogen) atoms. The quantitative estimate of drug-likeness (QED) is 0.418. The number of phenolic OH excluding ortho intramolecular Hbond substituents is 2. The van der Waals surface area contributed by atoms with Gasteiger partial charge >= 0.3 is 0 Å². The summed E-state index contributed by atoms with van der Waals surface area (Å²) in [6, 6.07) is 11.9. The third-order valence-corrected chi connectivity index (χ3v) is 4.50. The zero-order chi connectivity index (χ0) is 18.6. The zero-order valence-electron chi connectivity index (χ0n) is 13.9. The minimum atomic E-state index is -0.234.